The van der Waals surface area contributed by atoms with Gasteiger partial charge >= 0.3 is 5.97 Å². The lowest BCUT2D eigenvalue weighted by molar-refractivity contribution is -0.244. The largest absolute Gasteiger partial charge is 0.508 e. The van der Waals surface area contributed by atoms with Gasteiger partial charge in [-0.2, -0.15) is 0 Å². The number of aliphatic carboxylic acids is 1. The highest BCUT2D eigenvalue weighted by atomic mass is 35.5. The molecule has 6 nitrogen and oxygen atoms in total. The van der Waals surface area contributed by atoms with Crippen LogP contribution < -0.4 is 4.74 Å². The number of allylic oxidation sites excluding steroid dienone is 2. The van der Waals surface area contributed by atoms with Crippen LogP contribution in [0.15, 0.2) is 78.9 Å². The molecule has 0 aromatic heterocycles. The minimum atomic E-state index is -0.829. The highest BCUT2D eigenvalue weighted by Gasteiger charge is 2.34. The first-order valence-corrected chi connectivity index (χ1v) is 12.3. The van der Waals surface area contributed by atoms with Crippen molar-refractivity contribution in [2.75, 3.05) is 6.61 Å². The molecule has 4 rings (SSSR count). The molecule has 3 aromatic carbocycles. The molecule has 0 bridgehead atoms. The number of rotatable bonds is 9. The van der Waals surface area contributed by atoms with Crippen LogP contribution in [0, 0.1) is 5.92 Å². The van der Waals surface area contributed by atoms with Gasteiger partial charge in [-0.1, -0.05) is 65.7 Å². The van der Waals surface area contributed by atoms with Gasteiger partial charge in [0.15, 0.2) is 6.29 Å². The van der Waals surface area contributed by atoms with Gasteiger partial charge < -0.3 is 24.4 Å². The van der Waals surface area contributed by atoms with Crippen molar-refractivity contribution in [3.05, 3.63) is 100 Å². The lowest BCUT2D eigenvalue weighted by Gasteiger charge is -2.37. The van der Waals surface area contributed by atoms with E-state index in [4.69, 9.17) is 42.5 Å². The van der Waals surface area contributed by atoms with E-state index in [-0.39, 0.29) is 18.1 Å². The number of halogens is 2. The third-order valence-corrected chi connectivity index (χ3v) is 6.53. The van der Waals surface area contributed by atoms with E-state index in [0.29, 0.717) is 46.6 Å². The molecular formula is C28H26Cl2O6. The number of benzene rings is 3. The Morgan fingerprint density at radius 1 is 1.00 bits per heavy atom. The maximum Gasteiger partial charge on any atom is 0.303 e. The average Bonchev–Trinajstić information content (AvgIpc) is 2.86. The van der Waals surface area contributed by atoms with E-state index in [9.17, 15) is 9.90 Å². The van der Waals surface area contributed by atoms with Gasteiger partial charge in [0.1, 0.15) is 17.2 Å². The summed E-state index contributed by atoms with van der Waals surface area (Å²) in [5.41, 5.74) is 1.45. The molecule has 0 aliphatic carbocycles. The van der Waals surface area contributed by atoms with Crippen LogP contribution in [-0.2, 0) is 14.3 Å². The number of para-hydroxylation sites is 1. The van der Waals surface area contributed by atoms with Gasteiger partial charge in [0.25, 0.3) is 0 Å². The Bertz CT molecular complexity index is 1230. The smallest absolute Gasteiger partial charge is 0.303 e. The normalized spacial score (nSPS) is 19.9. The first kappa shape index (κ1) is 26.0. The van der Waals surface area contributed by atoms with Gasteiger partial charge in [0.05, 0.1) is 22.8 Å². The number of hydrogen-bond acceptors (Lipinski definition) is 5. The number of aromatic hydroxyl groups is 1. The number of phenolic OH excluding ortho intramolecular Hbond substituents is 1. The van der Waals surface area contributed by atoms with Crippen LogP contribution in [-0.4, -0.2) is 22.8 Å². The Balaban J connectivity index is 1.51. The van der Waals surface area contributed by atoms with Crippen LogP contribution in [0.5, 0.6) is 17.2 Å². The van der Waals surface area contributed by atoms with Crippen LogP contribution >= 0.6 is 23.2 Å². The van der Waals surface area contributed by atoms with Crippen LogP contribution in [0.4, 0.5) is 0 Å². The van der Waals surface area contributed by atoms with Gasteiger partial charge in [0, 0.05) is 29.5 Å². The molecule has 0 spiro atoms. The predicted octanol–water partition coefficient (Wildman–Crippen LogP) is 7.71. The third kappa shape index (κ3) is 6.80. The molecular weight excluding hydrogens is 503 g/mol. The first-order valence-electron chi connectivity index (χ1n) is 11.6. The number of phenols is 1. The van der Waals surface area contributed by atoms with Gasteiger partial charge in [0.2, 0.25) is 0 Å². The number of carboxylic acid groups (broad SMARTS) is 1. The van der Waals surface area contributed by atoms with Crippen LogP contribution in [0.1, 0.15) is 42.8 Å². The second kappa shape index (κ2) is 12.3. The zero-order chi connectivity index (χ0) is 25.5. The first-order chi connectivity index (χ1) is 17.4. The van der Waals surface area contributed by atoms with E-state index >= 15 is 0 Å². The molecule has 1 aliphatic rings. The van der Waals surface area contributed by atoms with E-state index < -0.39 is 18.4 Å². The fourth-order valence-corrected chi connectivity index (χ4v) is 4.29. The van der Waals surface area contributed by atoms with Crippen molar-refractivity contribution in [1.29, 1.82) is 0 Å². The lowest BCUT2D eigenvalue weighted by Crippen LogP contribution is -2.30. The second-order valence-corrected chi connectivity index (χ2v) is 9.25. The molecule has 1 saturated heterocycles. The van der Waals surface area contributed by atoms with Crippen molar-refractivity contribution in [2.45, 2.75) is 31.7 Å². The van der Waals surface area contributed by atoms with Crippen molar-refractivity contribution in [3.8, 4) is 17.2 Å². The maximum atomic E-state index is 10.7. The molecule has 2 N–H and O–H groups in total. The molecule has 1 fully saturated rings. The highest BCUT2D eigenvalue weighted by molar-refractivity contribution is 6.42. The number of carbonyl (C=O) groups is 1. The molecule has 3 aromatic rings. The van der Waals surface area contributed by atoms with Gasteiger partial charge in [-0.15, -0.1) is 0 Å². The molecule has 36 heavy (non-hydrogen) atoms. The molecule has 0 amide bonds. The SMILES string of the molecule is O=C(O)CC/C=C\C[C@@H]1COC(c2cccc(Oc3ccc(Cl)c(Cl)c3)c2)O[C@@H]1c1ccccc1O. The van der Waals surface area contributed by atoms with E-state index in [1.54, 1.807) is 30.3 Å². The Hall–Kier alpha value is -3.03. The van der Waals surface area contributed by atoms with Gasteiger partial charge in [-0.3, -0.25) is 4.79 Å². The van der Waals surface area contributed by atoms with Crippen molar-refractivity contribution in [3.63, 3.8) is 0 Å². The van der Waals surface area contributed by atoms with Crippen LogP contribution in [0.2, 0.25) is 10.0 Å². The summed E-state index contributed by atoms with van der Waals surface area (Å²) >= 11 is 12.1. The van der Waals surface area contributed by atoms with Gasteiger partial charge in [-0.05, 0) is 43.2 Å². The van der Waals surface area contributed by atoms with Crippen molar-refractivity contribution < 1.29 is 29.2 Å². The standard InChI is InChI=1S/C28H26Cl2O6/c29-23-14-13-21(16-24(23)30)35-20-9-6-8-18(15-20)28-34-17-19(7-2-1-3-12-26(32)33)27(36-28)22-10-4-5-11-25(22)31/h1-2,4-6,8-11,13-16,19,27-28,31H,3,7,12,17H2,(H,32,33)/b2-1-/t19-,27+,28?/m1/s1. The summed E-state index contributed by atoms with van der Waals surface area (Å²) in [5, 5.41) is 20.2. The number of ether oxygens (including phenoxy) is 3. The highest BCUT2D eigenvalue weighted by Crippen LogP contribution is 2.43. The quantitative estimate of drug-likeness (QED) is 0.276. The average molecular weight is 529 g/mol. The maximum absolute atomic E-state index is 10.7. The van der Waals surface area contributed by atoms with E-state index in [0.717, 1.165) is 5.56 Å². The summed E-state index contributed by atoms with van der Waals surface area (Å²) in [5.74, 6) is 0.393. The zero-order valence-electron chi connectivity index (χ0n) is 19.3. The summed E-state index contributed by atoms with van der Waals surface area (Å²) in [4.78, 5) is 10.7. The van der Waals surface area contributed by atoms with Crippen LogP contribution in [0.25, 0.3) is 0 Å². The molecule has 0 radical (unpaired) electrons. The monoisotopic (exact) mass is 528 g/mol. The fourth-order valence-electron chi connectivity index (χ4n) is 4.00. The Morgan fingerprint density at radius 2 is 1.81 bits per heavy atom. The molecule has 8 heteroatoms. The molecule has 3 atom stereocenters. The molecule has 188 valence electrons. The van der Waals surface area contributed by atoms with Crippen molar-refractivity contribution in [1.82, 2.24) is 0 Å². The van der Waals surface area contributed by atoms with Gasteiger partial charge in [-0.25, -0.2) is 0 Å². The zero-order valence-corrected chi connectivity index (χ0v) is 20.9. The van der Waals surface area contributed by atoms with E-state index in [1.807, 2.05) is 48.6 Å². The predicted molar refractivity (Wildman–Crippen MR) is 138 cm³/mol. The summed E-state index contributed by atoms with van der Waals surface area (Å²) in [6.45, 7) is 0.394. The number of hydrogen-bond donors (Lipinski definition) is 2. The summed E-state index contributed by atoms with van der Waals surface area (Å²) < 4.78 is 18.4. The van der Waals surface area contributed by atoms with Crippen LogP contribution in [0.3, 0.4) is 0 Å². The Kier molecular flexibility index (Phi) is 8.88. The number of carboxylic acids is 1. The topological polar surface area (TPSA) is 85.2 Å². The van der Waals surface area contributed by atoms with E-state index in [1.165, 1.54) is 0 Å². The van der Waals surface area contributed by atoms with Crippen molar-refractivity contribution in [2.24, 2.45) is 5.92 Å². The minimum Gasteiger partial charge on any atom is -0.508 e. The summed E-state index contributed by atoms with van der Waals surface area (Å²) in [7, 11) is 0. The molecule has 0 saturated carbocycles. The fraction of sp³-hybridized carbons (Fsp3) is 0.250. The third-order valence-electron chi connectivity index (χ3n) is 5.79. The summed E-state index contributed by atoms with van der Waals surface area (Å²) in [6, 6.07) is 19.5. The molecule has 1 heterocycles. The Morgan fingerprint density at radius 3 is 2.58 bits per heavy atom. The second-order valence-electron chi connectivity index (χ2n) is 8.43. The molecule has 1 aliphatic heterocycles. The minimum absolute atomic E-state index is 0.0636. The molecule has 1 unspecified atom stereocenters. The summed E-state index contributed by atoms with van der Waals surface area (Å²) in [6.07, 6.45) is 3.86. The van der Waals surface area contributed by atoms with Crippen molar-refractivity contribution >= 4 is 29.2 Å². The Labute approximate surface area is 219 Å². The lowest BCUT2D eigenvalue weighted by atomic mass is 9.91. The van der Waals surface area contributed by atoms with E-state index in [2.05, 4.69) is 0 Å².